The lowest BCUT2D eigenvalue weighted by molar-refractivity contribution is -0.159. The predicted molar refractivity (Wildman–Crippen MR) is 113 cm³/mol. The van der Waals surface area contributed by atoms with E-state index in [-0.39, 0.29) is 0 Å². The zero-order chi connectivity index (χ0) is 22.3. The molecular weight excluding hydrogens is 408 g/mol. The van der Waals surface area contributed by atoms with Crippen LogP contribution in [-0.2, 0) is 26.0 Å². The van der Waals surface area contributed by atoms with Crippen LogP contribution in [0.3, 0.4) is 0 Å². The summed E-state index contributed by atoms with van der Waals surface area (Å²) in [5, 5.41) is 15.8. The Morgan fingerprint density at radius 1 is 0.933 bits per heavy atom. The number of carbonyl (C=O) groups is 2. The van der Waals surface area contributed by atoms with Crippen molar-refractivity contribution in [3.05, 3.63) is 66.4 Å². The molecular formula is C21H24N2O6S. The minimum atomic E-state index is -3.56. The van der Waals surface area contributed by atoms with Gasteiger partial charge in [-0.2, -0.15) is 0 Å². The molecule has 0 radical (unpaired) electrons. The maximum absolute atomic E-state index is 12.9. The second-order valence-electron chi connectivity index (χ2n) is 6.80. The van der Waals surface area contributed by atoms with E-state index in [1.54, 1.807) is 30.5 Å². The topological polar surface area (TPSA) is 117 Å². The number of aryl methyl sites for hydroxylation is 1. The van der Waals surface area contributed by atoms with Crippen molar-refractivity contribution in [2.24, 2.45) is 0 Å². The monoisotopic (exact) mass is 432 g/mol. The number of aliphatic carboxylic acids is 2. The van der Waals surface area contributed by atoms with E-state index in [9.17, 15) is 8.42 Å². The molecule has 2 aromatic carbocycles. The summed E-state index contributed by atoms with van der Waals surface area (Å²) in [7, 11) is 0.554. The van der Waals surface area contributed by atoms with Crippen LogP contribution >= 0.6 is 0 Å². The van der Waals surface area contributed by atoms with E-state index in [1.165, 1.54) is 9.54 Å². The lowest BCUT2D eigenvalue weighted by Crippen LogP contribution is -2.13. The molecule has 0 bridgehead atoms. The van der Waals surface area contributed by atoms with Crippen LogP contribution in [0.5, 0.6) is 0 Å². The molecule has 1 heterocycles. The third-order valence-electron chi connectivity index (χ3n) is 4.32. The first-order chi connectivity index (χ1) is 14.1. The first-order valence-corrected chi connectivity index (χ1v) is 10.6. The SMILES string of the molecule is CN(C)CCCc1cccc2c1ccn2S(=O)(=O)c1ccccc1.O=C(O)C(=O)O. The minimum absolute atomic E-state index is 0.306. The van der Waals surface area contributed by atoms with Gasteiger partial charge in [-0.3, -0.25) is 0 Å². The fourth-order valence-corrected chi connectivity index (χ4v) is 4.29. The van der Waals surface area contributed by atoms with Gasteiger partial charge in [0.05, 0.1) is 10.4 Å². The van der Waals surface area contributed by atoms with Crippen LogP contribution in [0.2, 0.25) is 0 Å². The van der Waals surface area contributed by atoms with E-state index in [0.717, 1.165) is 30.3 Å². The summed E-state index contributed by atoms with van der Waals surface area (Å²) in [5.41, 5.74) is 1.93. The molecule has 3 rings (SSSR count). The summed E-state index contributed by atoms with van der Waals surface area (Å²) >= 11 is 0. The Kier molecular flexibility index (Phi) is 7.73. The Balaban J connectivity index is 0.000000469. The minimum Gasteiger partial charge on any atom is -0.473 e. The third kappa shape index (κ3) is 5.68. The molecule has 9 heteroatoms. The van der Waals surface area contributed by atoms with E-state index in [1.807, 2.05) is 24.3 Å². The second kappa shape index (κ2) is 10.0. The largest absolute Gasteiger partial charge is 0.473 e. The van der Waals surface area contributed by atoms with E-state index < -0.39 is 22.0 Å². The number of benzene rings is 2. The van der Waals surface area contributed by atoms with Crippen molar-refractivity contribution in [2.45, 2.75) is 17.7 Å². The first kappa shape index (κ1) is 23.1. The van der Waals surface area contributed by atoms with E-state index in [2.05, 4.69) is 25.1 Å². The van der Waals surface area contributed by atoms with E-state index in [0.29, 0.717) is 4.90 Å². The van der Waals surface area contributed by atoms with Crippen LogP contribution in [-0.4, -0.2) is 60.1 Å². The molecule has 30 heavy (non-hydrogen) atoms. The van der Waals surface area contributed by atoms with Crippen molar-refractivity contribution < 1.29 is 28.2 Å². The van der Waals surface area contributed by atoms with Gasteiger partial charge in [0, 0.05) is 11.6 Å². The normalized spacial score (nSPS) is 11.2. The number of carboxylic acid groups (broad SMARTS) is 2. The molecule has 0 unspecified atom stereocenters. The van der Waals surface area contributed by atoms with Crippen molar-refractivity contribution in [3.63, 3.8) is 0 Å². The third-order valence-corrected chi connectivity index (χ3v) is 6.03. The van der Waals surface area contributed by atoms with Gasteiger partial charge in [0.15, 0.2) is 0 Å². The van der Waals surface area contributed by atoms with Crippen LogP contribution in [0.15, 0.2) is 65.7 Å². The number of hydrogen-bond donors (Lipinski definition) is 2. The van der Waals surface area contributed by atoms with Crippen LogP contribution in [0, 0.1) is 0 Å². The summed E-state index contributed by atoms with van der Waals surface area (Å²) < 4.78 is 27.1. The Labute approximate surface area is 175 Å². The van der Waals surface area contributed by atoms with Crippen LogP contribution in [0.1, 0.15) is 12.0 Å². The quantitative estimate of drug-likeness (QED) is 0.575. The summed E-state index contributed by atoms with van der Waals surface area (Å²) in [4.78, 5) is 20.7. The van der Waals surface area contributed by atoms with Gasteiger partial charge in [-0.15, -0.1) is 0 Å². The molecule has 0 aliphatic heterocycles. The molecule has 0 saturated heterocycles. The van der Waals surface area contributed by atoms with Gasteiger partial charge < -0.3 is 15.1 Å². The molecule has 3 aromatic rings. The fourth-order valence-electron chi connectivity index (χ4n) is 2.93. The van der Waals surface area contributed by atoms with Crippen LogP contribution in [0.25, 0.3) is 10.9 Å². The number of nitrogens with zero attached hydrogens (tertiary/aromatic N) is 2. The zero-order valence-corrected chi connectivity index (χ0v) is 17.5. The van der Waals surface area contributed by atoms with Crippen molar-refractivity contribution in [1.82, 2.24) is 8.87 Å². The molecule has 0 aliphatic carbocycles. The number of carboxylic acids is 2. The molecule has 0 atom stereocenters. The number of rotatable bonds is 6. The summed E-state index contributed by atoms with van der Waals surface area (Å²) in [6, 6.07) is 16.3. The molecule has 0 spiro atoms. The molecule has 8 nitrogen and oxygen atoms in total. The summed E-state index contributed by atoms with van der Waals surface area (Å²) in [5.74, 6) is -3.65. The van der Waals surface area contributed by atoms with Gasteiger partial charge in [0.25, 0.3) is 10.0 Å². The molecule has 0 aliphatic rings. The summed E-state index contributed by atoms with van der Waals surface area (Å²) in [6.07, 6.45) is 3.64. The van der Waals surface area contributed by atoms with Crippen molar-refractivity contribution in [1.29, 1.82) is 0 Å². The highest BCUT2D eigenvalue weighted by Gasteiger charge is 2.19. The average molecular weight is 432 g/mol. The van der Waals surface area contributed by atoms with E-state index >= 15 is 0 Å². The Bertz CT molecular complexity index is 1110. The maximum atomic E-state index is 12.9. The van der Waals surface area contributed by atoms with Crippen LogP contribution < -0.4 is 0 Å². The van der Waals surface area contributed by atoms with Gasteiger partial charge in [-0.25, -0.2) is 22.0 Å². The van der Waals surface area contributed by atoms with E-state index in [4.69, 9.17) is 19.8 Å². The highest BCUT2D eigenvalue weighted by atomic mass is 32.2. The number of aromatic nitrogens is 1. The number of hydrogen-bond acceptors (Lipinski definition) is 5. The highest BCUT2D eigenvalue weighted by molar-refractivity contribution is 7.90. The predicted octanol–water partition coefficient (Wildman–Crippen LogP) is 2.53. The molecule has 160 valence electrons. The highest BCUT2D eigenvalue weighted by Crippen LogP contribution is 2.25. The Hall–Kier alpha value is -3.17. The van der Waals surface area contributed by atoms with Crippen molar-refractivity contribution in [2.75, 3.05) is 20.6 Å². The first-order valence-electron chi connectivity index (χ1n) is 9.15. The Morgan fingerprint density at radius 3 is 2.13 bits per heavy atom. The van der Waals surface area contributed by atoms with Gasteiger partial charge in [0.2, 0.25) is 0 Å². The van der Waals surface area contributed by atoms with Gasteiger partial charge >= 0.3 is 11.9 Å². The average Bonchev–Trinajstić information content (AvgIpc) is 3.14. The van der Waals surface area contributed by atoms with Gasteiger partial charge in [-0.05, 0) is 63.3 Å². The lowest BCUT2D eigenvalue weighted by Gasteiger charge is -2.10. The number of fused-ring (bicyclic) bond motifs is 1. The molecule has 2 N–H and O–H groups in total. The maximum Gasteiger partial charge on any atom is 0.414 e. The standard InChI is InChI=1S/C19H22N2O2S.C2H2O4/c1-20(2)14-7-9-16-8-6-12-19-18(16)13-15-21(19)24(22,23)17-10-4-3-5-11-17;3-1(4)2(5)6/h3-6,8,10-13,15H,7,9,14H2,1-2H3;(H,3,4)(H,5,6). The van der Waals surface area contributed by atoms with Gasteiger partial charge in [0.1, 0.15) is 0 Å². The zero-order valence-electron chi connectivity index (χ0n) is 16.7. The molecule has 0 fully saturated rings. The fraction of sp³-hybridized carbons (Fsp3) is 0.238. The molecule has 0 saturated carbocycles. The summed E-state index contributed by atoms with van der Waals surface area (Å²) in [6.45, 7) is 1.01. The smallest absolute Gasteiger partial charge is 0.414 e. The lowest BCUT2D eigenvalue weighted by atomic mass is 10.1. The second-order valence-corrected chi connectivity index (χ2v) is 8.61. The van der Waals surface area contributed by atoms with Gasteiger partial charge in [-0.1, -0.05) is 30.3 Å². The molecule has 0 amide bonds. The van der Waals surface area contributed by atoms with Crippen LogP contribution in [0.4, 0.5) is 0 Å². The molecule has 1 aromatic heterocycles. The van der Waals surface area contributed by atoms with Crippen molar-refractivity contribution >= 4 is 32.9 Å². The van der Waals surface area contributed by atoms with Crippen molar-refractivity contribution in [3.8, 4) is 0 Å². The Morgan fingerprint density at radius 2 is 1.57 bits per heavy atom.